The first-order valence-corrected chi connectivity index (χ1v) is 5.29. The Morgan fingerprint density at radius 1 is 1.50 bits per heavy atom. The highest BCUT2D eigenvalue weighted by Gasteiger charge is 2.02. The molecule has 0 amide bonds. The predicted octanol–water partition coefficient (Wildman–Crippen LogP) is 1.59. The minimum atomic E-state index is 0.257. The van der Waals surface area contributed by atoms with Crippen molar-refractivity contribution in [2.75, 3.05) is 13.1 Å². The predicted molar refractivity (Wildman–Crippen MR) is 64.5 cm³/mol. The number of H-pyrrole nitrogens is 1. The van der Waals surface area contributed by atoms with Gasteiger partial charge < -0.3 is 15.4 Å². The molecule has 0 radical (unpaired) electrons. The molecule has 0 unspecified atom stereocenters. The lowest BCUT2D eigenvalue weighted by molar-refractivity contribution is 0.476. The van der Waals surface area contributed by atoms with Crippen LogP contribution in [0.1, 0.15) is 5.82 Å². The molecule has 1 aromatic carbocycles. The Labute approximate surface area is 94.0 Å². The molecule has 4 nitrogen and oxygen atoms in total. The van der Waals surface area contributed by atoms with E-state index in [1.165, 1.54) is 0 Å². The quantitative estimate of drug-likeness (QED) is 0.526. The van der Waals surface area contributed by atoms with E-state index in [9.17, 15) is 5.11 Å². The van der Waals surface area contributed by atoms with Gasteiger partial charge in [0, 0.05) is 25.6 Å². The van der Waals surface area contributed by atoms with Gasteiger partial charge in [-0.25, -0.2) is 4.98 Å². The van der Waals surface area contributed by atoms with Crippen LogP contribution in [0, 0.1) is 0 Å². The molecule has 0 aliphatic heterocycles. The Kier molecular flexibility index (Phi) is 3.22. The molecule has 0 bridgehead atoms. The second-order valence-corrected chi connectivity index (χ2v) is 3.63. The highest BCUT2D eigenvalue weighted by Crippen LogP contribution is 2.17. The molecular weight excluding hydrogens is 202 g/mol. The van der Waals surface area contributed by atoms with Crippen LogP contribution in [0.15, 0.2) is 30.9 Å². The van der Waals surface area contributed by atoms with E-state index in [2.05, 4.69) is 21.9 Å². The number of benzene rings is 1. The Bertz CT molecular complexity index is 490. The Morgan fingerprint density at radius 2 is 2.38 bits per heavy atom. The molecule has 0 aliphatic carbocycles. The number of nitrogens with one attached hydrogen (secondary N) is 2. The van der Waals surface area contributed by atoms with Gasteiger partial charge in [0.05, 0.1) is 11.0 Å². The number of aromatic hydroxyl groups is 1. The number of hydrogen-bond donors (Lipinski definition) is 3. The molecule has 84 valence electrons. The zero-order valence-corrected chi connectivity index (χ0v) is 9.03. The maximum Gasteiger partial charge on any atom is 0.117 e. The highest BCUT2D eigenvalue weighted by molar-refractivity contribution is 5.76. The van der Waals surface area contributed by atoms with Crippen LogP contribution in [0.5, 0.6) is 5.75 Å². The molecule has 0 atom stereocenters. The van der Waals surface area contributed by atoms with Crippen molar-refractivity contribution in [3.8, 4) is 5.75 Å². The summed E-state index contributed by atoms with van der Waals surface area (Å²) in [6, 6.07) is 5.13. The summed E-state index contributed by atoms with van der Waals surface area (Å²) in [7, 11) is 0. The van der Waals surface area contributed by atoms with Gasteiger partial charge in [-0.2, -0.15) is 0 Å². The highest BCUT2D eigenvalue weighted by atomic mass is 16.3. The normalized spacial score (nSPS) is 10.8. The average Bonchev–Trinajstić information content (AvgIpc) is 2.66. The van der Waals surface area contributed by atoms with Gasteiger partial charge in [0.25, 0.3) is 0 Å². The van der Waals surface area contributed by atoms with Crippen molar-refractivity contribution >= 4 is 11.0 Å². The van der Waals surface area contributed by atoms with Crippen LogP contribution in [0.3, 0.4) is 0 Å². The van der Waals surface area contributed by atoms with E-state index in [0.29, 0.717) is 0 Å². The number of aromatic amines is 1. The first kappa shape index (κ1) is 10.7. The van der Waals surface area contributed by atoms with E-state index >= 15 is 0 Å². The number of aromatic nitrogens is 2. The Morgan fingerprint density at radius 3 is 3.19 bits per heavy atom. The molecule has 1 heterocycles. The fourth-order valence-electron chi connectivity index (χ4n) is 1.58. The largest absolute Gasteiger partial charge is 0.508 e. The summed E-state index contributed by atoms with van der Waals surface area (Å²) >= 11 is 0. The van der Waals surface area contributed by atoms with Gasteiger partial charge in [0.1, 0.15) is 11.6 Å². The van der Waals surface area contributed by atoms with E-state index in [-0.39, 0.29) is 5.75 Å². The monoisotopic (exact) mass is 217 g/mol. The SMILES string of the molecule is C=CCNCCc1nc2ccc(O)cc2[nH]1. The topological polar surface area (TPSA) is 60.9 Å². The summed E-state index contributed by atoms with van der Waals surface area (Å²) < 4.78 is 0. The van der Waals surface area contributed by atoms with E-state index in [1.807, 2.05) is 12.1 Å². The van der Waals surface area contributed by atoms with Gasteiger partial charge in [-0.1, -0.05) is 6.08 Å². The molecule has 0 saturated carbocycles. The average molecular weight is 217 g/mol. The van der Waals surface area contributed by atoms with Crippen LogP contribution < -0.4 is 5.32 Å². The molecule has 4 heteroatoms. The number of fused-ring (bicyclic) bond motifs is 1. The van der Waals surface area contributed by atoms with Crippen molar-refractivity contribution < 1.29 is 5.11 Å². The third kappa shape index (κ3) is 2.41. The molecule has 0 spiro atoms. The van der Waals surface area contributed by atoms with Crippen LogP contribution in [0.4, 0.5) is 0 Å². The molecule has 0 fully saturated rings. The van der Waals surface area contributed by atoms with Crippen LogP contribution >= 0.6 is 0 Å². The summed E-state index contributed by atoms with van der Waals surface area (Å²) in [5, 5.41) is 12.5. The summed E-state index contributed by atoms with van der Waals surface area (Å²) in [6.07, 6.45) is 2.67. The van der Waals surface area contributed by atoms with Gasteiger partial charge in [0.2, 0.25) is 0 Å². The molecule has 1 aromatic heterocycles. The molecule has 2 aromatic rings. The zero-order chi connectivity index (χ0) is 11.4. The van der Waals surface area contributed by atoms with E-state index in [1.54, 1.807) is 12.1 Å². The van der Waals surface area contributed by atoms with Crippen LogP contribution in [-0.4, -0.2) is 28.2 Å². The minimum absolute atomic E-state index is 0.257. The van der Waals surface area contributed by atoms with Crippen molar-refractivity contribution in [2.45, 2.75) is 6.42 Å². The van der Waals surface area contributed by atoms with Crippen LogP contribution in [-0.2, 0) is 6.42 Å². The lowest BCUT2D eigenvalue weighted by atomic mass is 10.3. The first-order chi connectivity index (χ1) is 7.79. The lowest BCUT2D eigenvalue weighted by Crippen LogP contribution is -2.17. The maximum atomic E-state index is 9.31. The molecule has 0 aliphatic rings. The van der Waals surface area contributed by atoms with Crippen LogP contribution in [0.2, 0.25) is 0 Å². The fraction of sp³-hybridized carbons (Fsp3) is 0.250. The van der Waals surface area contributed by atoms with Crippen molar-refractivity contribution in [3.05, 3.63) is 36.7 Å². The van der Waals surface area contributed by atoms with Gasteiger partial charge in [-0.15, -0.1) is 6.58 Å². The minimum Gasteiger partial charge on any atom is -0.508 e. The van der Waals surface area contributed by atoms with Crippen molar-refractivity contribution in [1.29, 1.82) is 0 Å². The molecule has 0 saturated heterocycles. The number of hydrogen-bond acceptors (Lipinski definition) is 3. The third-order valence-corrected chi connectivity index (χ3v) is 2.34. The summed E-state index contributed by atoms with van der Waals surface area (Å²) in [5.41, 5.74) is 1.76. The van der Waals surface area contributed by atoms with E-state index < -0.39 is 0 Å². The Hall–Kier alpha value is -1.81. The number of rotatable bonds is 5. The summed E-state index contributed by atoms with van der Waals surface area (Å²) in [4.78, 5) is 7.60. The lowest BCUT2D eigenvalue weighted by Gasteiger charge is -1.97. The Balaban J connectivity index is 2.05. The number of phenolic OH excluding ortho intramolecular Hbond substituents is 1. The van der Waals surface area contributed by atoms with Gasteiger partial charge in [-0.05, 0) is 12.1 Å². The second kappa shape index (κ2) is 4.81. The second-order valence-electron chi connectivity index (χ2n) is 3.63. The molecule has 2 rings (SSSR count). The van der Waals surface area contributed by atoms with E-state index in [4.69, 9.17) is 0 Å². The van der Waals surface area contributed by atoms with Gasteiger partial charge >= 0.3 is 0 Å². The molecule has 16 heavy (non-hydrogen) atoms. The van der Waals surface area contributed by atoms with Gasteiger partial charge in [0.15, 0.2) is 0 Å². The fourth-order valence-corrected chi connectivity index (χ4v) is 1.58. The number of imidazole rings is 1. The molecule has 3 N–H and O–H groups in total. The van der Waals surface area contributed by atoms with Crippen molar-refractivity contribution in [3.63, 3.8) is 0 Å². The van der Waals surface area contributed by atoms with Gasteiger partial charge in [-0.3, -0.25) is 0 Å². The standard InChI is InChI=1S/C12H15N3O/c1-2-6-13-7-5-12-14-10-4-3-9(16)8-11(10)15-12/h2-4,8,13,16H,1,5-7H2,(H,14,15). The summed E-state index contributed by atoms with van der Waals surface area (Å²) in [6.45, 7) is 5.30. The first-order valence-electron chi connectivity index (χ1n) is 5.29. The van der Waals surface area contributed by atoms with E-state index in [0.717, 1.165) is 36.4 Å². The zero-order valence-electron chi connectivity index (χ0n) is 9.03. The smallest absolute Gasteiger partial charge is 0.117 e. The molecular formula is C12H15N3O. The van der Waals surface area contributed by atoms with Crippen molar-refractivity contribution in [1.82, 2.24) is 15.3 Å². The maximum absolute atomic E-state index is 9.31. The third-order valence-electron chi connectivity index (χ3n) is 2.34. The van der Waals surface area contributed by atoms with Crippen LogP contribution in [0.25, 0.3) is 11.0 Å². The number of nitrogens with zero attached hydrogens (tertiary/aromatic N) is 1. The number of phenols is 1. The summed E-state index contributed by atoms with van der Waals surface area (Å²) in [5.74, 6) is 1.18. The van der Waals surface area contributed by atoms with Crippen molar-refractivity contribution in [2.24, 2.45) is 0 Å².